The Balaban J connectivity index is 0.000000453. The van der Waals surface area contributed by atoms with Crippen molar-refractivity contribution in [1.82, 2.24) is 0 Å². The Morgan fingerprint density at radius 1 is 0.824 bits per heavy atom. The summed E-state index contributed by atoms with van der Waals surface area (Å²) in [5.74, 6) is 0. The number of alkyl halides is 1. The van der Waals surface area contributed by atoms with Crippen LogP contribution in [-0.2, 0) is 0 Å². The second kappa shape index (κ2) is 9.82. The molecule has 0 radical (unpaired) electrons. The van der Waals surface area contributed by atoms with Crippen LogP contribution in [0.15, 0.2) is 73.3 Å². The SMILES string of the molecule is C=CCBr.O.c1ccc(-c2ccccc2)cc1. The maximum absolute atomic E-state index is 3.43. The molecule has 0 amide bonds. The largest absolute Gasteiger partial charge is 0.412 e. The molecule has 0 aliphatic heterocycles. The molecule has 0 unspecified atom stereocenters. The van der Waals surface area contributed by atoms with Gasteiger partial charge >= 0.3 is 0 Å². The standard InChI is InChI=1S/C12H10.C3H5Br.H2O/c1-3-7-11(8-4-1)12-9-5-2-6-10-12;1-2-3-4;/h1-10H;2H,1,3H2;1H2. The van der Waals surface area contributed by atoms with Crippen molar-refractivity contribution in [3.05, 3.63) is 73.3 Å². The number of halogens is 1. The van der Waals surface area contributed by atoms with E-state index in [1.54, 1.807) is 6.08 Å². The van der Waals surface area contributed by atoms with Crippen LogP contribution < -0.4 is 0 Å². The highest BCUT2D eigenvalue weighted by Gasteiger charge is 1.91. The summed E-state index contributed by atoms with van der Waals surface area (Å²) in [6, 6.07) is 20.8. The Morgan fingerprint density at radius 3 is 1.35 bits per heavy atom. The van der Waals surface area contributed by atoms with E-state index in [1.165, 1.54) is 11.1 Å². The van der Waals surface area contributed by atoms with Gasteiger partial charge in [-0.15, -0.1) is 6.58 Å². The lowest BCUT2D eigenvalue weighted by atomic mass is 10.1. The van der Waals surface area contributed by atoms with Gasteiger partial charge in [-0.1, -0.05) is 82.7 Å². The van der Waals surface area contributed by atoms with Gasteiger partial charge in [-0.2, -0.15) is 0 Å². The van der Waals surface area contributed by atoms with Crippen molar-refractivity contribution in [2.45, 2.75) is 0 Å². The summed E-state index contributed by atoms with van der Waals surface area (Å²) in [6.45, 7) is 3.43. The first-order chi connectivity index (χ1) is 7.88. The van der Waals surface area contributed by atoms with Gasteiger partial charge in [-0.25, -0.2) is 0 Å². The van der Waals surface area contributed by atoms with Crippen molar-refractivity contribution in [2.75, 3.05) is 5.33 Å². The minimum Gasteiger partial charge on any atom is -0.412 e. The molecule has 2 heteroatoms. The Hall–Kier alpha value is -1.38. The van der Waals surface area contributed by atoms with E-state index in [2.05, 4.69) is 71.0 Å². The molecule has 1 nitrogen and oxygen atoms in total. The second-order valence-electron chi connectivity index (χ2n) is 3.18. The lowest BCUT2D eigenvalue weighted by Crippen LogP contribution is -1.73. The van der Waals surface area contributed by atoms with Crippen LogP contribution in [0.2, 0.25) is 0 Å². The summed E-state index contributed by atoms with van der Waals surface area (Å²) in [4.78, 5) is 0. The maximum atomic E-state index is 3.43. The quantitative estimate of drug-likeness (QED) is 0.590. The zero-order valence-corrected chi connectivity index (χ0v) is 11.2. The molecule has 0 saturated carbocycles. The molecule has 0 aliphatic carbocycles. The summed E-state index contributed by atoms with van der Waals surface area (Å²) >= 11 is 3.13. The molecular formula is C15H17BrO. The smallest absolute Gasteiger partial charge is 0.0209 e. The minimum atomic E-state index is 0. The molecule has 2 N–H and O–H groups in total. The highest BCUT2D eigenvalue weighted by Crippen LogP contribution is 2.17. The second-order valence-corrected chi connectivity index (χ2v) is 3.82. The average molecular weight is 293 g/mol. The van der Waals surface area contributed by atoms with Gasteiger partial charge in [0.05, 0.1) is 0 Å². The van der Waals surface area contributed by atoms with Gasteiger partial charge in [0.15, 0.2) is 0 Å². The van der Waals surface area contributed by atoms with Crippen molar-refractivity contribution in [3.63, 3.8) is 0 Å². The monoisotopic (exact) mass is 292 g/mol. The summed E-state index contributed by atoms with van der Waals surface area (Å²) in [5.41, 5.74) is 2.55. The van der Waals surface area contributed by atoms with Crippen LogP contribution >= 0.6 is 15.9 Å². The summed E-state index contributed by atoms with van der Waals surface area (Å²) in [7, 11) is 0. The van der Waals surface area contributed by atoms with Crippen LogP contribution in [-0.4, -0.2) is 10.8 Å². The third kappa shape index (κ3) is 6.05. The Labute approximate surface area is 111 Å². The molecule has 0 aliphatic rings. The van der Waals surface area contributed by atoms with E-state index >= 15 is 0 Å². The Morgan fingerprint density at radius 2 is 1.12 bits per heavy atom. The molecule has 90 valence electrons. The van der Waals surface area contributed by atoms with Crippen LogP contribution in [0.4, 0.5) is 0 Å². The van der Waals surface area contributed by atoms with Crippen molar-refractivity contribution in [2.24, 2.45) is 0 Å². The fourth-order valence-electron chi connectivity index (χ4n) is 1.26. The molecule has 0 atom stereocenters. The van der Waals surface area contributed by atoms with Crippen molar-refractivity contribution < 1.29 is 5.48 Å². The Kier molecular flexibility index (Phi) is 9.02. The van der Waals surface area contributed by atoms with E-state index in [1.807, 2.05) is 12.1 Å². The van der Waals surface area contributed by atoms with E-state index in [9.17, 15) is 0 Å². The molecule has 0 fully saturated rings. The third-order valence-electron chi connectivity index (χ3n) is 1.99. The first kappa shape index (κ1) is 15.6. The third-order valence-corrected chi connectivity index (χ3v) is 2.45. The minimum absolute atomic E-state index is 0. The highest BCUT2D eigenvalue weighted by molar-refractivity contribution is 9.09. The van der Waals surface area contributed by atoms with Crippen LogP contribution in [0.3, 0.4) is 0 Å². The van der Waals surface area contributed by atoms with Crippen LogP contribution in [0.5, 0.6) is 0 Å². The van der Waals surface area contributed by atoms with E-state index in [4.69, 9.17) is 0 Å². The van der Waals surface area contributed by atoms with Crippen molar-refractivity contribution in [3.8, 4) is 11.1 Å². The molecule has 0 aromatic heterocycles. The first-order valence-electron chi connectivity index (χ1n) is 5.16. The van der Waals surface area contributed by atoms with Gasteiger partial charge in [0.2, 0.25) is 0 Å². The molecule has 2 aromatic carbocycles. The van der Waals surface area contributed by atoms with Gasteiger partial charge in [-0.3, -0.25) is 0 Å². The van der Waals surface area contributed by atoms with Gasteiger partial charge in [-0.05, 0) is 11.1 Å². The predicted octanol–water partition coefficient (Wildman–Crippen LogP) is 4.10. The van der Waals surface area contributed by atoms with Crippen molar-refractivity contribution in [1.29, 1.82) is 0 Å². The van der Waals surface area contributed by atoms with E-state index in [-0.39, 0.29) is 5.48 Å². The van der Waals surface area contributed by atoms with E-state index < -0.39 is 0 Å². The molecule has 0 spiro atoms. The predicted molar refractivity (Wildman–Crippen MR) is 79.5 cm³/mol. The number of hydrogen-bond donors (Lipinski definition) is 0. The van der Waals surface area contributed by atoms with E-state index in [0.29, 0.717) is 0 Å². The number of hydrogen-bond acceptors (Lipinski definition) is 0. The Bertz CT molecular complexity index is 360. The normalized spacial score (nSPS) is 8.29. The summed E-state index contributed by atoms with van der Waals surface area (Å²) in [5, 5.41) is 0.896. The molecule has 2 aromatic rings. The fourth-order valence-corrected chi connectivity index (χ4v) is 1.26. The zero-order valence-electron chi connectivity index (χ0n) is 9.64. The molecule has 0 saturated heterocycles. The summed E-state index contributed by atoms with van der Waals surface area (Å²) in [6.07, 6.45) is 1.79. The van der Waals surface area contributed by atoms with Gasteiger partial charge < -0.3 is 5.48 Å². The fraction of sp³-hybridized carbons (Fsp3) is 0.0667. The number of allylic oxidation sites excluding steroid dienone is 1. The average Bonchev–Trinajstić information content (AvgIpc) is 2.41. The molecular weight excluding hydrogens is 276 g/mol. The van der Waals surface area contributed by atoms with Gasteiger partial charge in [0.25, 0.3) is 0 Å². The van der Waals surface area contributed by atoms with Crippen LogP contribution in [0.25, 0.3) is 11.1 Å². The zero-order chi connectivity index (χ0) is 11.6. The molecule has 0 bridgehead atoms. The molecule has 0 heterocycles. The van der Waals surface area contributed by atoms with Gasteiger partial charge in [0.1, 0.15) is 0 Å². The van der Waals surface area contributed by atoms with E-state index in [0.717, 1.165) is 5.33 Å². The van der Waals surface area contributed by atoms with Crippen LogP contribution in [0.1, 0.15) is 0 Å². The van der Waals surface area contributed by atoms with Crippen molar-refractivity contribution >= 4 is 15.9 Å². The lowest BCUT2D eigenvalue weighted by Gasteiger charge is -1.98. The molecule has 2 rings (SSSR count). The molecule has 17 heavy (non-hydrogen) atoms. The van der Waals surface area contributed by atoms with Gasteiger partial charge in [0, 0.05) is 5.33 Å². The number of rotatable bonds is 2. The summed E-state index contributed by atoms with van der Waals surface area (Å²) < 4.78 is 0. The highest BCUT2D eigenvalue weighted by atomic mass is 79.9. The van der Waals surface area contributed by atoms with Crippen LogP contribution in [0, 0.1) is 0 Å². The maximum Gasteiger partial charge on any atom is 0.0209 e. The number of benzene rings is 2. The first-order valence-corrected chi connectivity index (χ1v) is 6.28. The topological polar surface area (TPSA) is 31.5 Å². The lowest BCUT2D eigenvalue weighted by molar-refractivity contribution is 0.824.